The molecule has 11 heavy (non-hydrogen) atoms. The summed E-state index contributed by atoms with van der Waals surface area (Å²) in [5.41, 5.74) is 0. The van der Waals surface area contributed by atoms with E-state index in [1.807, 2.05) is 0 Å². The van der Waals surface area contributed by atoms with Gasteiger partial charge in [-0.05, 0) is 0 Å². The number of aliphatic hydroxyl groups is 3. The van der Waals surface area contributed by atoms with Crippen molar-refractivity contribution in [2.24, 2.45) is 0 Å². The highest BCUT2D eigenvalue weighted by molar-refractivity contribution is 5.80. The fraction of sp³-hybridized carbons (Fsp3) is 0.833. The fourth-order valence-corrected chi connectivity index (χ4v) is 0.599. The van der Waals surface area contributed by atoms with Crippen molar-refractivity contribution in [1.82, 2.24) is 4.90 Å². The van der Waals surface area contributed by atoms with Gasteiger partial charge in [-0.1, -0.05) is 0 Å². The molecule has 0 aliphatic carbocycles. The van der Waals surface area contributed by atoms with Gasteiger partial charge in [0.15, 0.2) is 6.29 Å². The van der Waals surface area contributed by atoms with Crippen molar-refractivity contribution in [2.75, 3.05) is 14.1 Å². The lowest BCUT2D eigenvalue weighted by Gasteiger charge is -2.15. The van der Waals surface area contributed by atoms with Crippen LogP contribution in [0.2, 0.25) is 0 Å². The smallest absolute Gasteiger partial charge is 0.251 e. The van der Waals surface area contributed by atoms with Crippen LogP contribution in [0.1, 0.15) is 6.42 Å². The van der Waals surface area contributed by atoms with Crippen molar-refractivity contribution >= 4 is 5.91 Å². The fourth-order valence-electron chi connectivity index (χ4n) is 0.599. The first-order chi connectivity index (χ1) is 4.95. The first-order valence-electron chi connectivity index (χ1n) is 3.20. The Bertz CT molecular complexity index is 135. The number of carbonyl (C=O) groups excluding carboxylic acids is 1. The molecule has 3 N–H and O–H groups in total. The third-order valence-corrected chi connectivity index (χ3v) is 1.16. The first-order valence-corrected chi connectivity index (χ1v) is 3.20. The standard InChI is InChI=1S/C6H13NO4/c1-7(2)6(11)4(8)3-5(9)10/h4-5,8-10H,3H2,1-2H3. The summed E-state index contributed by atoms with van der Waals surface area (Å²) >= 11 is 0. The Kier molecular flexibility index (Phi) is 4.02. The highest BCUT2D eigenvalue weighted by Gasteiger charge is 2.19. The van der Waals surface area contributed by atoms with Gasteiger partial charge in [0.05, 0.1) is 0 Å². The minimum absolute atomic E-state index is 0.350. The van der Waals surface area contributed by atoms with Crippen LogP contribution in [0.25, 0.3) is 0 Å². The Labute approximate surface area is 64.9 Å². The molecule has 66 valence electrons. The second-order valence-electron chi connectivity index (χ2n) is 2.46. The van der Waals surface area contributed by atoms with Crippen molar-refractivity contribution < 1.29 is 20.1 Å². The van der Waals surface area contributed by atoms with Gasteiger partial charge in [-0.25, -0.2) is 0 Å². The van der Waals surface area contributed by atoms with Crippen LogP contribution in [0.3, 0.4) is 0 Å². The summed E-state index contributed by atoms with van der Waals surface area (Å²) in [5, 5.41) is 25.7. The topological polar surface area (TPSA) is 81.0 Å². The lowest BCUT2D eigenvalue weighted by Crippen LogP contribution is -2.35. The molecule has 0 aromatic heterocycles. The number of hydrogen-bond acceptors (Lipinski definition) is 4. The minimum atomic E-state index is -1.64. The lowest BCUT2D eigenvalue weighted by atomic mass is 10.2. The Balaban J connectivity index is 3.83. The highest BCUT2D eigenvalue weighted by Crippen LogP contribution is 1.98. The molecule has 0 rings (SSSR count). The van der Waals surface area contributed by atoms with Crippen LogP contribution in [0.4, 0.5) is 0 Å². The summed E-state index contributed by atoms with van der Waals surface area (Å²) < 4.78 is 0. The first kappa shape index (κ1) is 10.3. The monoisotopic (exact) mass is 163 g/mol. The van der Waals surface area contributed by atoms with E-state index in [-0.39, 0.29) is 6.42 Å². The van der Waals surface area contributed by atoms with Crippen LogP contribution in [-0.2, 0) is 4.79 Å². The molecule has 0 radical (unpaired) electrons. The normalized spacial score (nSPS) is 13.3. The number of rotatable bonds is 3. The van der Waals surface area contributed by atoms with Crippen molar-refractivity contribution in [1.29, 1.82) is 0 Å². The number of aliphatic hydroxyl groups excluding tert-OH is 2. The predicted octanol–water partition coefficient (Wildman–Crippen LogP) is -1.86. The number of carbonyl (C=O) groups is 1. The van der Waals surface area contributed by atoms with Crippen LogP contribution in [-0.4, -0.2) is 52.6 Å². The zero-order chi connectivity index (χ0) is 9.02. The molecule has 0 spiro atoms. The predicted molar refractivity (Wildman–Crippen MR) is 37.5 cm³/mol. The molecule has 0 fully saturated rings. The Morgan fingerprint density at radius 1 is 1.36 bits per heavy atom. The molecule has 0 saturated carbocycles. The Morgan fingerprint density at radius 2 is 1.82 bits per heavy atom. The molecule has 0 aromatic rings. The lowest BCUT2D eigenvalue weighted by molar-refractivity contribution is -0.143. The third kappa shape index (κ3) is 3.92. The van der Waals surface area contributed by atoms with E-state index in [0.717, 1.165) is 0 Å². The minimum Gasteiger partial charge on any atom is -0.383 e. The molecule has 0 aliphatic heterocycles. The summed E-state index contributed by atoms with van der Waals surface area (Å²) in [5.74, 6) is -0.530. The van der Waals surface area contributed by atoms with Crippen molar-refractivity contribution in [3.63, 3.8) is 0 Å². The van der Waals surface area contributed by atoms with E-state index in [9.17, 15) is 4.79 Å². The molecule has 1 amide bonds. The maximum atomic E-state index is 10.8. The van der Waals surface area contributed by atoms with E-state index >= 15 is 0 Å². The summed E-state index contributed by atoms with van der Waals surface area (Å²) in [7, 11) is 2.96. The molecule has 5 heteroatoms. The number of hydrogen-bond donors (Lipinski definition) is 3. The molecular formula is C6H13NO4. The van der Waals surface area contributed by atoms with E-state index in [1.54, 1.807) is 0 Å². The number of amides is 1. The van der Waals surface area contributed by atoms with E-state index in [0.29, 0.717) is 0 Å². The van der Waals surface area contributed by atoms with Crippen molar-refractivity contribution in [2.45, 2.75) is 18.8 Å². The molecule has 0 heterocycles. The summed E-state index contributed by atoms with van der Waals surface area (Å²) in [6.07, 6.45) is -3.32. The van der Waals surface area contributed by atoms with Crippen LogP contribution >= 0.6 is 0 Å². The average molecular weight is 163 g/mol. The van der Waals surface area contributed by atoms with E-state index in [4.69, 9.17) is 15.3 Å². The van der Waals surface area contributed by atoms with Gasteiger partial charge in [-0.15, -0.1) is 0 Å². The maximum absolute atomic E-state index is 10.8. The maximum Gasteiger partial charge on any atom is 0.251 e. The molecule has 0 bridgehead atoms. The largest absolute Gasteiger partial charge is 0.383 e. The van der Waals surface area contributed by atoms with Gasteiger partial charge in [0.1, 0.15) is 6.10 Å². The summed E-state index contributed by atoms with van der Waals surface area (Å²) in [4.78, 5) is 12.0. The van der Waals surface area contributed by atoms with Crippen LogP contribution in [0.5, 0.6) is 0 Å². The van der Waals surface area contributed by atoms with Gasteiger partial charge in [0, 0.05) is 20.5 Å². The molecule has 0 aliphatic rings. The van der Waals surface area contributed by atoms with Gasteiger partial charge in [0.2, 0.25) is 0 Å². The average Bonchev–Trinajstić information content (AvgIpc) is 1.84. The molecule has 1 atom stereocenters. The summed E-state index contributed by atoms with van der Waals surface area (Å²) in [6.45, 7) is 0. The molecule has 5 nitrogen and oxygen atoms in total. The molecule has 0 saturated heterocycles. The molecular weight excluding hydrogens is 150 g/mol. The zero-order valence-electron chi connectivity index (χ0n) is 6.56. The third-order valence-electron chi connectivity index (χ3n) is 1.16. The zero-order valence-corrected chi connectivity index (χ0v) is 6.56. The van der Waals surface area contributed by atoms with Gasteiger partial charge < -0.3 is 20.2 Å². The quantitative estimate of drug-likeness (QED) is 0.426. The second-order valence-corrected chi connectivity index (χ2v) is 2.46. The number of likely N-dealkylation sites (N-methyl/N-ethyl adjacent to an activating group) is 1. The van der Waals surface area contributed by atoms with Crippen LogP contribution in [0, 0.1) is 0 Å². The van der Waals surface area contributed by atoms with Crippen LogP contribution in [0.15, 0.2) is 0 Å². The summed E-state index contributed by atoms with van der Waals surface area (Å²) in [6, 6.07) is 0. The number of nitrogens with zero attached hydrogens (tertiary/aromatic N) is 1. The van der Waals surface area contributed by atoms with Gasteiger partial charge in [-0.3, -0.25) is 4.79 Å². The molecule has 0 aromatic carbocycles. The van der Waals surface area contributed by atoms with E-state index in [1.165, 1.54) is 19.0 Å². The van der Waals surface area contributed by atoms with Gasteiger partial charge in [0.25, 0.3) is 5.91 Å². The van der Waals surface area contributed by atoms with Gasteiger partial charge >= 0.3 is 0 Å². The van der Waals surface area contributed by atoms with Crippen LogP contribution < -0.4 is 0 Å². The highest BCUT2D eigenvalue weighted by atomic mass is 16.5. The van der Waals surface area contributed by atoms with E-state index < -0.39 is 18.3 Å². The van der Waals surface area contributed by atoms with E-state index in [2.05, 4.69) is 0 Å². The van der Waals surface area contributed by atoms with Crippen molar-refractivity contribution in [3.8, 4) is 0 Å². The Morgan fingerprint density at radius 3 is 2.09 bits per heavy atom. The molecule has 1 unspecified atom stereocenters. The second kappa shape index (κ2) is 4.27. The Hall–Kier alpha value is -0.650. The van der Waals surface area contributed by atoms with Crippen molar-refractivity contribution in [3.05, 3.63) is 0 Å². The van der Waals surface area contributed by atoms with Gasteiger partial charge in [-0.2, -0.15) is 0 Å². The SMILES string of the molecule is CN(C)C(=O)C(O)CC(O)O.